The Labute approximate surface area is 438 Å². The maximum absolute atomic E-state index is 14.5. The summed E-state index contributed by atoms with van der Waals surface area (Å²) < 4.78 is 0. The van der Waals surface area contributed by atoms with Gasteiger partial charge in [0.1, 0.15) is 60.3 Å². The SMILES string of the molecule is CCC(C)CC(C)CCCCCCCCC(=O)N[C@H]1C[C@@H](O)[C@@H](O)NC(=O)[C@@H]2[C@@H](O)CCN2C(=O)[C@H]([C@H](O)CCNC)NC(=O)[C@H]([C@H](O)[C@@H](O)c2ccc(O)cc2)NC(=O)[C@@H]2C[C@@H](O)CN2C(=O)[C@H]([C@@H](C)O)NC1=O. The Hall–Kier alpha value is -5.05. The van der Waals surface area contributed by atoms with E-state index in [2.05, 4.69) is 52.7 Å². The van der Waals surface area contributed by atoms with Gasteiger partial charge in [-0.3, -0.25) is 33.6 Å². The molecule has 1 aromatic rings. The van der Waals surface area contributed by atoms with Gasteiger partial charge in [-0.1, -0.05) is 77.8 Å². The normalized spacial score (nSPS) is 29.1. The van der Waals surface area contributed by atoms with Gasteiger partial charge in [0.05, 0.1) is 24.4 Å². The Morgan fingerprint density at radius 2 is 1.32 bits per heavy atom. The molecule has 3 aliphatic heterocycles. The number of phenolic OH excluding ortho intramolecular Hbond substituents is 1. The molecule has 7 amide bonds. The quantitative estimate of drug-likeness (QED) is 0.0561. The first-order chi connectivity index (χ1) is 35.5. The second kappa shape index (κ2) is 30.0. The summed E-state index contributed by atoms with van der Waals surface area (Å²) >= 11 is 0. The zero-order valence-electron chi connectivity index (χ0n) is 43.8. The maximum Gasteiger partial charge on any atom is 0.248 e. The molecular weight excluding hydrogens is 981 g/mol. The second-order valence-electron chi connectivity index (χ2n) is 20.8. The number of aliphatic hydroxyl groups is 8. The van der Waals surface area contributed by atoms with E-state index in [-0.39, 0.29) is 43.7 Å². The average Bonchev–Trinajstić information content (AvgIpc) is 3.97. The van der Waals surface area contributed by atoms with Crippen molar-refractivity contribution in [2.75, 3.05) is 26.7 Å². The summed E-state index contributed by atoms with van der Waals surface area (Å²) in [6.45, 7) is 7.03. The summed E-state index contributed by atoms with van der Waals surface area (Å²) in [5.74, 6) is -6.77. The Balaban J connectivity index is 1.69. The zero-order chi connectivity index (χ0) is 55.7. The van der Waals surface area contributed by atoms with Gasteiger partial charge < -0.3 is 87.7 Å². The van der Waals surface area contributed by atoms with Crippen molar-refractivity contribution in [1.29, 1.82) is 0 Å². The molecule has 424 valence electrons. The summed E-state index contributed by atoms with van der Waals surface area (Å²) in [5.41, 5.74) is -0.0599. The first kappa shape index (κ1) is 62.5. The van der Waals surface area contributed by atoms with E-state index in [0.29, 0.717) is 24.7 Å². The van der Waals surface area contributed by atoms with Crippen LogP contribution >= 0.6 is 0 Å². The third kappa shape index (κ3) is 18.0. The molecule has 3 saturated heterocycles. The zero-order valence-corrected chi connectivity index (χ0v) is 43.8. The number of rotatable bonds is 21. The topological polar surface area (TPSA) is 380 Å². The first-order valence-electron chi connectivity index (χ1n) is 26.5. The van der Waals surface area contributed by atoms with Crippen LogP contribution in [-0.4, -0.2) is 203 Å². The minimum absolute atomic E-state index is 0.0561. The van der Waals surface area contributed by atoms with E-state index < -0.39 is 146 Å². The predicted octanol–water partition coefficient (Wildman–Crippen LogP) is -2.61. The van der Waals surface area contributed by atoms with Gasteiger partial charge in [0.2, 0.25) is 41.4 Å². The number of benzene rings is 1. The monoisotopic (exact) mass is 1060 g/mol. The molecule has 3 heterocycles. The molecule has 3 fully saturated rings. The number of nitrogens with zero attached hydrogens (tertiary/aromatic N) is 2. The van der Waals surface area contributed by atoms with Gasteiger partial charge in [0, 0.05) is 32.4 Å². The fraction of sp³-hybridized carbons (Fsp3) is 0.745. The molecule has 0 saturated carbocycles. The van der Waals surface area contributed by atoms with Crippen LogP contribution < -0.4 is 31.9 Å². The van der Waals surface area contributed by atoms with Gasteiger partial charge in [-0.05, 0) is 75.7 Å². The molecule has 16 atom stereocenters. The van der Waals surface area contributed by atoms with Crippen molar-refractivity contribution in [3.63, 3.8) is 0 Å². The van der Waals surface area contributed by atoms with Crippen LogP contribution in [0.1, 0.15) is 129 Å². The number of amides is 7. The van der Waals surface area contributed by atoms with Crippen LogP contribution in [0.5, 0.6) is 5.75 Å². The number of fused-ring (bicyclic) bond motifs is 2. The predicted molar refractivity (Wildman–Crippen MR) is 270 cm³/mol. The molecule has 0 spiro atoms. The second-order valence-corrected chi connectivity index (χ2v) is 20.8. The van der Waals surface area contributed by atoms with Gasteiger partial charge in [-0.25, -0.2) is 0 Å². The van der Waals surface area contributed by atoms with Crippen LogP contribution in [0.15, 0.2) is 24.3 Å². The van der Waals surface area contributed by atoms with Gasteiger partial charge in [-0.2, -0.15) is 0 Å². The summed E-state index contributed by atoms with van der Waals surface area (Å²) in [7, 11) is 1.53. The van der Waals surface area contributed by atoms with E-state index >= 15 is 0 Å². The maximum atomic E-state index is 14.5. The Morgan fingerprint density at radius 3 is 1.96 bits per heavy atom. The van der Waals surface area contributed by atoms with Gasteiger partial charge in [-0.15, -0.1) is 0 Å². The van der Waals surface area contributed by atoms with Crippen LogP contribution in [0.4, 0.5) is 0 Å². The third-order valence-corrected chi connectivity index (χ3v) is 14.6. The number of aromatic hydroxyl groups is 1. The Bertz CT molecular complexity index is 2040. The highest BCUT2D eigenvalue weighted by Gasteiger charge is 2.49. The molecule has 15 N–H and O–H groups in total. The lowest BCUT2D eigenvalue weighted by molar-refractivity contribution is -0.149. The van der Waals surface area contributed by atoms with Crippen molar-refractivity contribution in [1.82, 2.24) is 41.7 Å². The molecule has 75 heavy (non-hydrogen) atoms. The molecule has 4 rings (SSSR count). The number of carbonyl (C=O) groups excluding carboxylic acids is 7. The number of unbranched alkanes of at least 4 members (excludes halogenated alkanes) is 5. The van der Waals surface area contributed by atoms with E-state index in [4.69, 9.17) is 0 Å². The van der Waals surface area contributed by atoms with Crippen molar-refractivity contribution >= 4 is 41.4 Å². The largest absolute Gasteiger partial charge is 0.508 e. The van der Waals surface area contributed by atoms with Crippen molar-refractivity contribution in [2.24, 2.45) is 11.8 Å². The Morgan fingerprint density at radius 1 is 0.707 bits per heavy atom. The molecule has 0 aromatic heterocycles. The van der Waals surface area contributed by atoms with Crippen LogP contribution in [0, 0.1) is 11.8 Å². The highest BCUT2D eigenvalue weighted by molar-refractivity contribution is 5.98. The minimum atomic E-state index is -2.28. The molecule has 3 aliphatic rings. The lowest BCUT2D eigenvalue weighted by Crippen LogP contribution is -2.64. The minimum Gasteiger partial charge on any atom is -0.508 e. The molecule has 24 nitrogen and oxygen atoms in total. The van der Waals surface area contributed by atoms with Crippen LogP contribution in [0.25, 0.3) is 0 Å². The summed E-state index contributed by atoms with van der Waals surface area (Å²) in [6.07, 6.45) is -8.20. The highest BCUT2D eigenvalue weighted by Crippen LogP contribution is 2.27. The number of aliphatic hydroxyl groups excluding tert-OH is 8. The van der Waals surface area contributed by atoms with Gasteiger partial charge >= 0.3 is 0 Å². The first-order valence-corrected chi connectivity index (χ1v) is 26.5. The summed E-state index contributed by atoms with van der Waals surface area (Å²) in [5, 5.41) is 114. The molecule has 2 unspecified atom stereocenters. The van der Waals surface area contributed by atoms with E-state index in [9.17, 15) is 79.5 Å². The number of hydrogen-bond donors (Lipinski definition) is 15. The number of nitrogens with one attached hydrogen (secondary N) is 6. The van der Waals surface area contributed by atoms with Gasteiger partial charge in [0.15, 0.2) is 6.23 Å². The fourth-order valence-corrected chi connectivity index (χ4v) is 9.93. The summed E-state index contributed by atoms with van der Waals surface area (Å²) in [6, 6.07) is -6.58. The molecule has 1 aromatic carbocycles. The smallest absolute Gasteiger partial charge is 0.248 e. The molecule has 0 aliphatic carbocycles. The van der Waals surface area contributed by atoms with E-state index in [1.165, 1.54) is 37.7 Å². The van der Waals surface area contributed by atoms with Crippen LogP contribution in [0.2, 0.25) is 0 Å². The van der Waals surface area contributed by atoms with Gasteiger partial charge in [0.25, 0.3) is 0 Å². The average molecular weight is 1070 g/mol. The Kier molecular flexibility index (Phi) is 25.0. The number of phenols is 1. The van der Waals surface area contributed by atoms with Crippen molar-refractivity contribution in [3.05, 3.63) is 29.8 Å². The molecular formula is C51H84N8O16. The van der Waals surface area contributed by atoms with Crippen molar-refractivity contribution in [2.45, 2.75) is 203 Å². The lowest BCUT2D eigenvalue weighted by atomic mass is 9.91. The van der Waals surface area contributed by atoms with Crippen LogP contribution in [-0.2, 0) is 33.6 Å². The van der Waals surface area contributed by atoms with Crippen molar-refractivity contribution in [3.8, 4) is 5.75 Å². The number of carbonyl (C=O) groups is 7. The van der Waals surface area contributed by atoms with E-state index in [1.807, 2.05) is 0 Å². The molecule has 0 radical (unpaired) electrons. The van der Waals surface area contributed by atoms with Crippen molar-refractivity contribution < 1.29 is 79.5 Å². The van der Waals surface area contributed by atoms with E-state index in [0.717, 1.165) is 55.2 Å². The third-order valence-electron chi connectivity index (χ3n) is 14.6. The molecule has 24 heteroatoms. The number of hydrogen-bond acceptors (Lipinski definition) is 17. The summed E-state index contributed by atoms with van der Waals surface area (Å²) in [4.78, 5) is 101. The van der Waals surface area contributed by atoms with Crippen LogP contribution in [0.3, 0.4) is 0 Å². The highest BCUT2D eigenvalue weighted by atomic mass is 16.3. The standard InChI is InChI=1S/C51H84N8O16/c1-6-27(2)23-28(3)13-11-9-7-8-10-12-14-38(66)53-33-25-37(65)47(71)57-49(73)42-36(64)20-22-58(42)51(75)40(35(63)19-21-52-5)55-48(72)41(44(68)43(67)30-15-17-31(61)18-16-30)56-46(70)34-24-32(62)26-59(34)50(74)39(29(4)60)54-45(33)69/h15-18,27-29,32-37,39-44,47,52,60-65,67-68,71H,6-14,19-26H2,1-5H3,(H,53,66)(H,54,69)(H,55,72)(H,56,70)(H,57,73)/t27?,28?,29-,32-,33+,34+,35-,36+,37-,39+,40+,41+,42+,43+,44+,47-/m1/s1. The lowest BCUT2D eigenvalue weighted by Gasteiger charge is -2.34. The van der Waals surface area contributed by atoms with E-state index in [1.54, 1.807) is 0 Å². The molecule has 0 bridgehead atoms. The fourth-order valence-electron chi connectivity index (χ4n) is 9.93.